The lowest BCUT2D eigenvalue weighted by molar-refractivity contribution is -0.529. The van der Waals surface area contributed by atoms with E-state index >= 15 is 0 Å². The molecule has 0 aliphatic heterocycles. The van der Waals surface area contributed by atoms with E-state index < -0.39 is 0 Å². The molecule has 4 nitrogen and oxygen atoms in total. The van der Waals surface area contributed by atoms with Crippen LogP contribution in [0.4, 0.5) is 0 Å². The van der Waals surface area contributed by atoms with Crippen LogP contribution in [0.3, 0.4) is 0 Å². The van der Waals surface area contributed by atoms with Crippen LogP contribution in [-0.4, -0.2) is 11.6 Å². The highest BCUT2D eigenvalue weighted by Gasteiger charge is 1.79. The van der Waals surface area contributed by atoms with Gasteiger partial charge in [0.05, 0.1) is 5.38 Å². The van der Waals surface area contributed by atoms with E-state index in [1.54, 1.807) is 11.4 Å². The third-order valence-corrected chi connectivity index (χ3v) is 1.06. The lowest BCUT2D eigenvalue weighted by Gasteiger charge is -1.76. The number of carboxylic acid groups (broad SMARTS) is 1. The SMILES string of the molecule is O=CO.[O-][n+]1cccs1. The first kappa shape index (κ1) is 7.90. The van der Waals surface area contributed by atoms with Gasteiger partial charge in [0.15, 0.2) is 6.20 Å². The molecule has 5 heteroatoms. The van der Waals surface area contributed by atoms with Gasteiger partial charge in [0, 0.05) is 6.07 Å². The van der Waals surface area contributed by atoms with Gasteiger partial charge in [0.25, 0.3) is 6.47 Å². The summed E-state index contributed by atoms with van der Waals surface area (Å²) in [5.74, 6) is 0. The van der Waals surface area contributed by atoms with Gasteiger partial charge in [-0.25, -0.2) is 0 Å². The van der Waals surface area contributed by atoms with E-state index in [1.807, 2.05) is 0 Å². The van der Waals surface area contributed by atoms with Crippen LogP contribution in [0.2, 0.25) is 0 Å². The van der Waals surface area contributed by atoms with E-state index in [0.717, 1.165) is 15.7 Å². The fourth-order valence-electron chi connectivity index (χ4n) is 0.236. The second-order valence-corrected chi connectivity index (χ2v) is 1.82. The molecular formula is C4H5NO3S. The molecule has 0 aliphatic carbocycles. The molecule has 1 aromatic rings. The number of aromatic nitrogens is 1. The Labute approximate surface area is 55.7 Å². The van der Waals surface area contributed by atoms with Gasteiger partial charge < -0.3 is 10.3 Å². The van der Waals surface area contributed by atoms with Crippen molar-refractivity contribution >= 4 is 18.0 Å². The molecule has 1 N–H and O–H groups in total. The summed E-state index contributed by atoms with van der Waals surface area (Å²) in [7, 11) is 0. The summed E-state index contributed by atoms with van der Waals surface area (Å²) in [5, 5.41) is 18.6. The van der Waals surface area contributed by atoms with Crippen LogP contribution in [-0.2, 0) is 4.79 Å². The average Bonchev–Trinajstić information content (AvgIpc) is 2.20. The van der Waals surface area contributed by atoms with Crippen LogP contribution in [0.15, 0.2) is 17.6 Å². The predicted molar refractivity (Wildman–Crippen MR) is 32.0 cm³/mol. The van der Waals surface area contributed by atoms with Crippen LogP contribution in [0.5, 0.6) is 0 Å². The normalized spacial score (nSPS) is 7.11. The molecule has 1 aromatic heterocycles. The van der Waals surface area contributed by atoms with Gasteiger partial charge in [-0.05, 0) is 0 Å². The van der Waals surface area contributed by atoms with Crippen molar-refractivity contribution in [3.05, 3.63) is 22.9 Å². The predicted octanol–water partition coefficient (Wildman–Crippen LogP) is 0.0823. The maximum absolute atomic E-state index is 10.0. The molecule has 1 heterocycles. The van der Waals surface area contributed by atoms with E-state index in [-0.39, 0.29) is 6.47 Å². The van der Waals surface area contributed by atoms with Crippen molar-refractivity contribution in [3.8, 4) is 0 Å². The Hall–Kier alpha value is -1.10. The van der Waals surface area contributed by atoms with E-state index in [2.05, 4.69) is 0 Å². The highest BCUT2D eigenvalue weighted by Crippen LogP contribution is 1.81. The Bertz CT molecular complexity index is 151. The Kier molecular flexibility index (Phi) is 4.43. The van der Waals surface area contributed by atoms with Gasteiger partial charge in [-0.3, -0.25) is 4.79 Å². The van der Waals surface area contributed by atoms with Crippen molar-refractivity contribution in [1.29, 1.82) is 0 Å². The Morgan fingerprint density at radius 2 is 2.33 bits per heavy atom. The number of carbonyl (C=O) groups is 1. The fourth-order valence-corrected chi connectivity index (χ4v) is 0.637. The summed E-state index contributed by atoms with van der Waals surface area (Å²) in [4.78, 5) is 8.36. The second kappa shape index (κ2) is 5.04. The number of nitrogens with zero attached hydrogens (tertiary/aromatic N) is 1. The first-order valence-corrected chi connectivity index (χ1v) is 2.86. The molecular weight excluding hydrogens is 142 g/mol. The third-order valence-electron chi connectivity index (χ3n) is 0.451. The molecule has 0 aliphatic rings. The minimum Gasteiger partial charge on any atom is -0.606 e. The molecule has 50 valence electrons. The molecule has 0 bridgehead atoms. The van der Waals surface area contributed by atoms with Gasteiger partial charge >= 0.3 is 0 Å². The number of rotatable bonds is 0. The highest BCUT2D eigenvalue weighted by atomic mass is 32.1. The molecule has 0 saturated carbocycles. The van der Waals surface area contributed by atoms with E-state index in [4.69, 9.17) is 9.90 Å². The molecule has 9 heavy (non-hydrogen) atoms. The Balaban J connectivity index is 0.000000187. The van der Waals surface area contributed by atoms with Crippen LogP contribution in [0.25, 0.3) is 0 Å². The van der Waals surface area contributed by atoms with Crippen LogP contribution in [0, 0.1) is 5.21 Å². The van der Waals surface area contributed by atoms with Crippen molar-refractivity contribution in [2.45, 2.75) is 0 Å². The largest absolute Gasteiger partial charge is 0.606 e. The lowest BCUT2D eigenvalue weighted by atomic mass is 10.8. The number of hydrogen-bond donors (Lipinski definition) is 1. The van der Waals surface area contributed by atoms with E-state index in [9.17, 15) is 5.21 Å². The van der Waals surface area contributed by atoms with Gasteiger partial charge in [-0.1, -0.05) is 0 Å². The smallest absolute Gasteiger partial charge is 0.290 e. The van der Waals surface area contributed by atoms with Crippen LogP contribution >= 0.6 is 11.5 Å². The summed E-state index contributed by atoms with van der Waals surface area (Å²) >= 11 is 1.14. The minimum absolute atomic E-state index is 0.250. The molecule has 0 saturated heterocycles. The molecule has 0 radical (unpaired) electrons. The molecule has 0 spiro atoms. The molecule has 0 unspecified atom stereocenters. The monoisotopic (exact) mass is 147 g/mol. The van der Waals surface area contributed by atoms with Gasteiger partial charge in [0.1, 0.15) is 11.5 Å². The molecule has 0 amide bonds. The van der Waals surface area contributed by atoms with E-state index in [1.165, 1.54) is 6.20 Å². The van der Waals surface area contributed by atoms with Gasteiger partial charge in [-0.15, -0.1) is 4.12 Å². The topological polar surface area (TPSA) is 64.2 Å². The zero-order valence-electron chi connectivity index (χ0n) is 4.43. The number of hydrogen-bond acceptors (Lipinski definition) is 3. The zero-order valence-corrected chi connectivity index (χ0v) is 5.25. The van der Waals surface area contributed by atoms with Crippen molar-refractivity contribution in [2.75, 3.05) is 0 Å². The lowest BCUT2D eigenvalue weighted by Crippen LogP contribution is -2.15. The Morgan fingerprint density at radius 1 is 1.78 bits per heavy atom. The summed E-state index contributed by atoms with van der Waals surface area (Å²) in [6.07, 6.45) is 1.46. The second-order valence-electron chi connectivity index (χ2n) is 0.974. The average molecular weight is 147 g/mol. The summed E-state index contributed by atoms with van der Waals surface area (Å²) < 4.78 is 0.792. The first-order valence-electron chi connectivity index (χ1n) is 2.02. The molecule has 0 fully saturated rings. The molecule has 0 atom stereocenters. The highest BCUT2D eigenvalue weighted by molar-refractivity contribution is 6.99. The Morgan fingerprint density at radius 3 is 2.44 bits per heavy atom. The minimum atomic E-state index is -0.250. The standard InChI is InChI=1S/C3H3NOS.CH2O2/c5-4-2-1-3-6-4;2-1-3/h1-3H;1H,(H,2,3). The van der Waals surface area contributed by atoms with Crippen molar-refractivity contribution in [1.82, 2.24) is 0 Å². The third kappa shape index (κ3) is 4.76. The van der Waals surface area contributed by atoms with Crippen molar-refractivity contribution in [3.63, 3.8) is 0 Å². The van der Waals surface area contributed by atoms with Gasteiger partial charge in [0.2, 0.25) is 0 Å². The van der Waals surface area contributed by atoms with Crippen LogP contribution in [0.1, 0.15) is 0 Å². The fraction of sp³-hybridized carbons (Fsp3) is 0. The maximum Gasteiger partial charge on any atom is 0.290 e. The zero-order chi connectivity index (χ0) is 7.11. The van der Waals surface area contributed by atoms with Gasteiger partial charge in [-0.2, -0.15) is 0 Å². The maximum atomic E-state index is 10.0. The van der Waals surface area contributed by atoms with E-state index in [0.29, 0.717) is 0 Å². The van der Waals surface area contributed by atoms with Crippen molar-refractivity contribution in [2.24, 2.45) is 0 Å². The summed E-state index contributed by atoms with van der Waals surface area (Å²) in [6.45, 7) is -0.250. The van der Waals surface area contributed by atoms with Crippen LogP contribution < -0.4 is 4.12 Å². The van der Waals surface area contributed by atoms with Crippen molar-refractivity contribution < 1.29 is 14.0 Å². The summed E-state index contributed by atoms with van der Waals surface area (Å²) in [6, 6.07) is 1.71. The quantitative estimate of drug-likeness (QED) is 0.321. The first-order chi connectivity index (χ1) is 4.31. The molecule has 1 rings (SSSR count). The molecule has 0 aromatic carbocycles. The summed E-state index contributed by atoms with van der Waals surface area (Å²) in [5.41, 5.74) is 0.